The summed E-state index contributed by atoms with van der Waals surface area (Å²) in [6.45, 7) is 8.05. The molecule has 0 aromatic heterocycles. The van der Waals surface area contributed by atoms with Gasteiger partial charge in [0.1, 0.15) is 11.4 Å². The van der Waals surface area contributed by atoms with Gasteiger partial charge in [-0.2, -0.15) is 0 Å². The minimum atomic E-state index is -0.732. The lowest BCUT2D eigenvalue weighted by atomic mass is 9.83. The molecule has 2 atom stereocenters. The largest absolute Gasteiger partial charge is 0.396 e. The third kappa shape index (κ3) is 3.90. The molecule has 1 aliphatic rings. The summed E-state index contributed by atoms with van der Waals surface area (Å²) >= 11 is 0. The van der Waals surface area contributed by atoms with Crippen molar-refractivity contribution < 1.29 is 9.90 Å². The number of rotatable bonds is 5. The van der Waals surface area contributed by atoms with Crippen LogP contribution in [0.2, 0.25) is 0 Å². The van der Waals surface area contributed by atoms with Gasteiger partial charge in [0.05, 0.1) is 0 Å². The topological polar surface area (TPSA) is 75.7 Å². The van der Waals surface area contributed by atoms with Crippen molar-refractivity contribution in [3.05, 3.63) is 11.6 Å². The molecule has 3 N–H and O–H groups in total. The van der Waals surface area contributed by atoms with E-state index in [0.29, 0.717) is 24.6 Å². The van der Waals surface area contributed by atoms with Crippen LogP contribution >= 0.6 is 0 Å². The highest BCUT2D eigenvalue weighted by atomic mass is 16.3. The van der Waals surface area contributed by atoms with E-state index in [4.69, 9.17) is 5.73 Å². The van der Waals surface area contributed by atoms with Crippen LogP contribution in [-0.2, 0) is 4.79 Å². The van der Waals surface area contributed by atoms with Crippen LogP contribution in [0.1, 0.15) is 47.0 Å². The fourth-order valence-corrected chi connectivity index (χ4v) is 2.72. The molecule has 0 aliphatic carbocycles. The molecule has 4 nitrogen and oxygen atoms in total. The molecule has 0 aromatic rings. The Bertz CT molecular complexity index is 395. The summed E-state index contributed by atoms with van der Waals surface area (Å²) in [6.07, 6.45) is 3.60. The molecular formula is C15H26N2O2. The average molecular weight is 266 g/mol. The number of carbonyl (C=O) groups is 1. The number of aliphatic hydroxyl groups excluding tert-OH is 1. The van der Waals surface area contributed by atoms with E-state index in [-0.39, 0.29) is 18.3 Å². The van der Waals surface area contributed by atoms with Gasteiger partial charge in [-0.25, -0.2) is 0 Å². The normalized spacial score (nSPS) is 25.9. The second-order valence-corrected chi connectivity index (χ2v) is 6.02. The summed E-state index contributed by atoms with van der Waals surface area (Å²) in [7, 11) is 0. The van der Waals surface area contributed by atoms with Crippen LogP contribution in [0.5, 0.6) is 0 Å². The van der Waals surface area contributed by atoms with Gasteiger partial charge in [0.2, 0.25) is 0 Å². The maximum atomic E-state index is 12.5. The molecule has 0 aromatic carbocycles. The number of aliphatic imine (C=N–C) groups is 1. The smallest absolute Gasteiger partial charge is 0.164 e. The summed E-state index contributed by atoms with van der Waals surface area (Å²) < 4.78 is 0. The Labute approximate surface area is 115 Å². The van der Waals surface area contributed by atoms with Crippen molar-refractivity contribution in [1.29, 1.82) is 0 Å². The van der Waals surface area contributed by atoms with Gasteiger partial charge in [-0.05, 0) is 31.8 Å². The number of amidine groups is 1. The van der Waals surface area contributed by atoms with Gasteiger partial charge in [-0.3, -0.25) is 9.79 Å². The van der Waals surface area contributed by atoms with Crippen molar-refractivity contribution in [2.45, 2.75) is 52.5 Å². The van der Waals surface area contributed by atoms with Crippen LogP contribution in [0, 0.1) is 11.8 Å². The van der Waals surface area contributed by atoms with Crippen molar-refractivity contribution >= 4 is 11.6 Å². The zero-order chi connectivity index (χ0) is 14.6. The lowest BCUT2D eigenvalue weighted by molar-refractivity contribution is -0.123. The monoisotopic (exact) mass is 266 g/mol. The van der Waals surface area contributed by atoms with Crippen LogP contribution in [0.3, 0.4) is 0 Å². The van der Waals surface area contributed by atoms with Crippen molar-refractivity contribution in [2.24, 2.45) is 22.6 Å². The summed E-state index contributed by atoms with van der Waals surface area (Å²) in [6, 6.07) is 0. The maximum absolute atomic E-state index is 12.5. The minimum Gasteiger partial charge on any atom is -0.396 e. The van der Waals surface area contributed by atoms with Crippen molar-refractivity contribution in [3.8, 4) is 0 Å². The predicted molar refractivity (Wildman–Crippen MR) is 78.1 cm³/mol. The molecule has 108 valence electrons. The van der Waals surface area contributed by atoms with Gasteiger partial charge >= 0.3 is 0 Å². The first-order valence-electron chi connectivity index (χ1n) is 7.02. The van der Waals surface area contributed by atoms with Crippen LogP contribution in [0.15, 0.2) is 16.6 Å². The number of ketones is 1. The third-order valence-corrected chi connectivity index (χ3v) is 3.72. The number of hydrogen-bond donors (Lipinski definition) is 2. The zero-order valence-electron chi connectivity index (χ0n) is 12.4. The van der Waals surface area contributed by atoms with Crippen LogP contribution in [0.4, 0.5) is 0 Å². The average Bonchev–Trinajstić information content (AvgIpc) is 2.37. The van der Waals surface area contributed by atoms with E-state index in [0.717, 1.165) is 12.0 Å². The fraction of sp³-hybridized carbons (Fsp3) is 0.733. The number of nitrogens with two attached hydrogens (primary N) is 1. The molecule has 0 amide bonds. The lowest BCUT2D eigenvalue weighted by Gasteiger charge is -2.25. The number of hydrogen-bond acceptors (Lipinski definition) is 4. The molecular weight excluding hydrogens is 240 g/mol. The molecule has 0 bridgehead atoms. The molecule has 0 spiro atoms. The van der Waals surface area contributed by atoms with E-state index in [1.165, 1.54) is 0 Å². The third-order valence-electron chi connectivity index (χ3n) is 3.72. The van der Waals surface area contributed by atoms with Gasteiger partial charge in [0, 0.05) is 18.9 Å². The first-order chi connectivity index (χ1) is 8.82. The lowest BCUT2D eigenvalue weighted by Crippen LogP contribution is -2.36. The van der Waals surface area contributed by atoms with Crippen LogP contribution in [0.25, 0.3) is 0 Å². The van der Waals surface area contributed by atoms with Gasteiger partial charge in [0.15, 0.2) is 5.78 Å². The Hall–Kier alpha value is -1.16. The second kappa shape index (κ2) is 6.33. The number of carbonyl (C=O) groups excluding carboxylic acids is 1. The summed E-state index contributed by atoms with van der Waals surface area (Å²) in [5.41, 5.74) is 6.10. The van der Waals surface area contributed by atoms with Crippen LogP contribution < -0.4 is 5.73 Å². The van der Waals surface area contributed by atoms with Crippen LogP contribution in [-0.4, -0.2) is 28.9 Å². The Morgan fingerprint density at radius 2 is 2.16 bits per heavy atom. The fourth-order valence-electron chi connectivity index (χ4n) is 2.72. The second-order valence-electron chi connectivity index (χ2n) is 6.02. The highest BCUT2D eigenvalue weighted by molar-refractivity contribution is 6.00. The predicted octanol–water partition coefficient (Wildman–Crippen LogP) is 2.07. The Morgan fingerprint density at radius 1 is 1.53 bits per heavy atom. The van der Waals surface area contributed by atoms with E-state index in [1.807, 2.05) is 13.8 Å². The van der Waals surface area contributed by atoms with E-state index >= 15 is 0 Å². The first kappa shape index (κ1) is 15.9. The molecule has 1 heterocycles. The SMILES string of the molecule is CCC(CO)C1=CC(N)=NC(C)(CC(C)C)C(=O)C1. The number of aliphatic hydroxyl groups is 1. The molecule has 1 rings (SSSR count). The summed E-state index contributed by atoms with van der Waals surface area (Å²) in [5, 5.41) is 9.39. The van der Waals surface area contributed by atoms with Gasteiger partial charge in [-0.1, -0.05) is 26.3 Å². The number of Topliss-reactive ketones (excluding diaryl/α,β-unsaturated/α-hetero) is 1. The summed E-state index contributed by atoms with van der Waals surface area (Å²) in [5.74, 6) is 0.877. The van der Waals surface area contributed by atoms with Gasteiger partial charge < -0.3 is 10.8 Å². The highest BCUT2D eigenvalue weighted by Crippen LogP contribution is 2.30. The standard InChI is InChI=1S/C15H26N2O2/c1-5-11(9-18)12-6-13(19)15(4,8-10(2)3)17-14(16)7-12/h7,10-11,18H,5-6,8-9H2,1-4H3,(H2,16,17). The molecule has 19 heavy (non-hydrogen) atoms. The van der Waals surface area contributed by atoms with Gasteiger partial charge in [0.25, 0.3) is 0 Å². The molecule has 0 fully saturated rings. The number of nitrogens with zero attached hydrogens (tertiary/aromatic N) is 1. The maximum Gasteiger partial charge on any atom is 0.164 e. The minimum absolute atomic E-state index is 0.000833. The van der Waals surface area contributed by atoms with Crippen molar-refractivity contribution in [3.63, 3.8) is 0 Å². The van der Waals surface area contributed by atoms with E-state index < -0.39 is 5.54 Å². The zero-order valence-corrected chi connectivity index (χ0v) is 12.4. The highest BCUT2D eigenvalue weighted by Gasteiger charge is 2.36. The van der Waals surface area contributed by atoms with Crippen molar-refractivity contribution in [1.82, 2.24) is 0 Å². The van der Waals surface area contributed by atoms with E-state index in [1.54, 1.807) is 6.08 Å². The Kier molecular flexibility index (Phi) is 5.29. The van der Waals surface area contributed by atoms with Gasteiger partial charge in [-0.15, -0.1) is 0 Å². The summed E-state index contributed by atoms with van der Waals surface area (Å²) in [4.78, 5) is 16.9. The van der Waals surface area contributed by atoms with E-state index in [9.17, 15) is 9.90 Å². The molecule has 0 saturated heterocycles. The Balaban J connectivity index is 3.03. The van der Waals surface area contributed by atoms with E-state index in [2.05, 4.69) is 18.8 Å². The van der Waals surface area contributed by atoms with Crippen molar-refractivity contribution in [2.75, 3.05) is 6.61 Å². The first-order valence-corrected chi connectivity index (χ1v) is 7.02. The molecule has 0 radical (unpaired) electrons. The Morgan fingerprint density at radius 3 is 2.63 bits per heavy atom. The molecule has 0 saturated carbocycles. The quantitative estimate of drug-likeness (QED) is 0.799. The molecule has 2 unspecified atom stereocenters. The molecule has 4 heteroatoms. The molecule has 1 aliphatic heterocycles.